The molecule has 0 aliphatic rings. The van der Waals surface area contributed by atoms with E-state index < -0.39 is 5.82 Å². The summed E-state index contributed by atoms with van der Waals surface area (Å²) in [6.45, 7) is 5.46. The van der Waals surface area contributed by atoms with Gasteiger partial charge < -0.3 is 14.0 Å². The van der Waals surface area contributed by atoms with Crippen LogP contribution < -0.4 is 9.47 Å². The summed E-state index contributed by atoms with van der Waals surface area (Å²) in [4.78, 5) is 21.7. The molecular weight excluding hydrogens is 471 g/mol. The second-order valence-corrected chi connectivity index (χ2v) is 8.31. The number of hydrogen-bond donors (Lipinski definition) is 0. The first kappa shape index (κ1) is 23.9. The molecule has 0 radical (unpaired) electrons. The van der Waals surface area contributed by atoms with Crippen molar-refractivity contribution in [2.75, 3.05) is 7.11 Å². The van der Waals surface area contributed by atoms with E-state index in [4.69, 9.17) is 9.47 Å². The molecule has 0 saturated heterocycles. The SMILES string of the molecule is CC#Cc1cc(OC)c(-c2c(-c3ccc(Oc4nccc(C)n4)c(F)c3)c3c(C)ncnc3n2C)cn1. The van der Waals surface area contributed by atoms with Crippen LogP contribution in [-0.4, -0.2) is 36.6 Å². The second-order valence-electron chi connectivity index (χ2n) is 8.31. The molecule has 0 aliphatic carbocycles. The van der Waals surface area contributed by atoms with E-state index in [2.05, 4.69) is 36.8 Å². The van der Waals surface area contributed by atoms with Gasteiger partial charge in [0.05, 0.1) is 24.1 Å². The van der Waals surface area contributed by atoms with Crippen LogP contribution in [0, 0.1) is 31.5 Å². The van der Waals surface area contributed by atoms with Gasteiger partial charge >= 0.3 is 6.01 Å². The van der Waals surface area contributed by atoms with Gasteiger partial charge in [0.15, 0.2) is 11.6 Å². The van der Waals surface area contributed by atoms with Gasteiger partial charge in [-0.3, -0.25) is 0 Å². The Bertz CT molecular complexity index is 1720. The molecule has 5 aromatic rings. The summed E-state index contributed by atoms with van der Waals surface area (Å²) in [5, 5.41) is 0.801. The van der Waals surface area contributed by atoms with Crippen LogP contribution >= 0.6 is 0 Å². The molecular formula is C28H23FN6O2. The van der Waals surface area contributed by atoms with Gasteiger partial charge in [-0.05, 0) is 50.5 Å². The third kappa shape index (κ3) is 4.34. The third-order valence-corrected chi connectivity index (χ3v) is 5.95. The van der Waals surface area contributed by atoms with Gasteiger partial charge in [0, 0.05) is 42.2 Å². The lowest BCUT2D eigenvalue weighted by Gasteiger charge is -2.13. The van der Waals surface area contributed by atoms with Crippen molar-refractivity contribution in [3.63, 3.8) is 0 Å². The number of hydrogen-bond acceptors (Lipinski definition) is 7. The number of ether oxygens (including phenoxy) is 2. The minimum absolute atomic E-state index is 0.0193. The van der Waals surface area contributed by atoms with Crippen molar-refractivity contribution in [1.82, 2.24) is 29.5 Å². The number of fused-ring (bicyclic) bond motifs is 1. The van der Waals surface area contributed by atoms with Gasteiger partial charge in [-0.2, -0.15) is 0 Å². The molecule has 9 heteroatoms. The van der Waals surface area contributed by atoms with Crippen molar-refractivity contribution >= 4 is 11.0 Å². The average Bonchev–Trinajstić information content (AvgIpc) is 3.19. The van der Waals surface area contributed by atoms with Crippen molar-refractivity contribution in [1.29, 1.82) is 0 Å². The molecule has 0 unspecified atom stereocenters. The highest BCUT2D eigenvalue weighted by atomic mass is 19.1. The molecule has 8 nitrogen and oxygen atoms in total. The van der Waals surface area contributed by atoms with E-state index in [1.54, 1.807) is 50.7 Å². The fourth-order valence-electron chi connectivity index (χ4n) is 4.29. The Labute approximate surface area is 213 Å². The summed E-state index contributed by atoms with van der Waals surface area (Å²) in [5.74, 6) is 5.85. The Morgan fingerprint density at radius 3 is 2.57 bits per heavy atom. The van der Waals surface area contributed by atoms with Crippen LogP contribution in [0.2, 0.25) is 0 Å². The minimum atomic E-state index is -0.557. The fraction of sp³-hybridized carbons (Fsp3) is 0.179. The highest BCUT2D eigenvalue weighted by Crippen LogP contribution is 2.44. The Kier molecular flexibility index (Phi) is 6.24. The van der Waals surface area contributed by atoms with E-state index in [0.717, 1.165) is 28.0 Å². The number of nitrogens with zero attached hydrogens (tertiary/aromatic N) is 6. The van der Waals surface area contributed by atoms with E-state index in [1.807, 2.05) is 25.5 Å². The number of pyridine rings is 1. The normalized spacial score (nSPS) is 10.8. The molecule has 0 atom stereocenters. The smallest absolute Gasteiger partial charge is 0.322 e. The number of methoxy groups -OCH3 is 1. The first-order valence-corrected chi connectivity index (χ1v) is 11.5. The minimum Gasteiger partial charge on any atom is -0.496 e. The Morgan fingerprint density at radius 2 is 1.84 bits per heavy atom. The molecule has 0 spiro atoms. The van der Waals surface area contributed by atoms with Crippen LogP contribution in [0.5, 0.6) is 17.5 Å². The maximum absolute atomic E-state index is 15.4. The number of aryl methyl sites for hydroxylation is 3. The van der Waals surface area contributed by atoms with Crippen LogP contribution in [0.1, 0.15) is 24.0 Å². The van der Waals surface area contributed by atoms with Crippen LogP contribution in [0.4, 0.5) is 4.39 Å². The summed E-state index contributed by atoms with van der Waals surface area (Å²) in [6, 6.07) is 8.37. The molecule has 0 amide bonds. The van der Waals surface area contributed by atoms with E-state index in [1.165, 1.54) is 12.4 Å². The molecule has 5 rings (SSSR count). The molecule has 0 bridgehead atoms. The number of rotatable bonds is 5. The molecule has 4 heterocycles. The van der Waals surface area contributed by atoms with Crippen molar-refractivity contribution < 1.29 is 13.9 Å². The Morgan fingerprint density at radius 1 is 1.00 bits per heavy atom. The predicted octanol–water partition coefficient (Wildman–Crippen LogP) is 5.42. The van der Waals surface area contributed by atoms with Crippen molar-refractivity contribution in [2.45, 2.75) is 20.8 Å². The average molecular weight is 495 g/mol. The molecule has 0 fully saturated rings. The largest absolute Gasteiger partial charge is 0.496 e. The summed E-state index contributed by atoms with van der Waals surface area (Å²) < 4.78 is 28.6. The van der Waals surface area contributed by atoms with Gasteiger partial charge in [-0.1, -0.05) is 12.0 Å². The standard InChI is InChI=1S/C28H23FN6O2/c1-6-7-19-13-23(36-5)20(14-31-19)26-25(24-17(3)32-15-33-27(24)35(26)4)18-8-9-22(21(29)12-18)37-28-30-11-10-16(2)34-28/h8-15H,1-5H3. The summed E-state index contributed by atoms with van der Waals surface area (Å²) in [7, 11) is 3.49. The maximum atomic E-state index is 15.4. The molecule has 0 aliphatic heterocycles. The van der Waals surface area contributed by atoms with E-state index >= 15 is 4.39 Å². The first-order chi connectivity index (χ1) is 17.9. The molecule has 0 saturated carbocycles. The number of halogens is 1. The van der Waals surface area contributed by atoms with E-state index in [9.17, 15) is 0 Å². The second kappa shape index (κ2) is 9.66. The molecule has 37 heavy (non-hydrogen) atoms. The molecule has 1 aromatic carbocycles. The van der Waals surface area contributed by atoms with Gasteiger partial charge in [0.1, 0.15) is 23.4 Å². The Balaban J connectivity index is 1.72. The van der Waals surface area contributed by atoms with Crippen LogP contribution in [0.3, 0.4) is 0 Å². The zero-order chi connectivity index (χ0) is 26.1. The van der Waals surface area contributed by atoms with Crippen LogP contribution in [0.25, 0.3) is 33.4 Å². The molecule has 184 valence electrons. The summed E-state index contributed by atoms with van der Waals surface area (Å²) >= 11 is 0. The van der Waals surface area contributed by atoms with Crippen LogP contribution in [0.15, 0.2) is 49.1 Å². The molecule has 4 aromatic heterocycles. The zero-order valence-electron chi connectivity index (χ0n) is 21.0. The summed E-state index contributed by atoms with van der Waals surface area (Å²) in [6.07, 6.45) is 4.79. The van der Waals surface area contributed by atoms with E-state index in [-0.39, 0.29) is 11.8 Å². The maximum Gasteiger partial charge on any atom is 0.322 e. The monoisotopic (exact) mass is 494 g/mol. The van der Waals surface area contributed by atoms with Gasteiger partial charge in [-0.25, -0.2) is 29.3 Å². The third-order valence-electron chi connectivity index (χ3n) is 5.95. The molecule has 0 N–H and O–H groups in total. The van der Waals surface area contributed by atoms with E-state index in [0.29, 0.717) is 28.2 Å². The van der Waals surface area contributed by atoms with Gasteiger partial charge in [0.25, 0.3) is 0 Å². The highest BCUT2D eigenvalue weighted by molar-refractivity contribution is 6.05. The van der Waals surface area contributed by atoms with Gasteiger partial charge in [0.2, 0.25) is 0 Å². The zero-order valence-corrected chi connectivity index (χ0v) is 21.0. The quantitative estimate of drug-likeness (QED) is 0.302. The first-order valence-electron chi connectivity index (χ1n) is 11.5. The predicted molar refractivity (Wildman–Crippen MR) is 138 cm³/mol. The summed E-state index contributed by atoms with van der Waals surface area (Å²) in [5.41, 5.74) is 5.61. The lowest BCUT2D eigenvalue weighted by molar-refractivity contribution is 0.410. The highest BCUT2D eigenvalue weighted by Gasteiger charge is 2.25. The van der Waals surface area contributed by atoms with Gasteiger partial charge in [-0.15, -0.1) is 0 Å². The Hall–Kier alpha value is -4.84. The number of aromatic nitrogens is 6. The van der Waals surface area contributed by atoms with Crippen molar-refractivity contribution in [3.8, 4) is 51.7 Å². The lowest BCUT2D eigenvalue weighted by atomic mass is 9.98. The fourth-order valence-corrected chi connectivity index (χ4v) is 4.29. The lowest BCUT2D eigenvalue weighted by Crippen LogP contribution is -1.99. The number of benzene rings is 1. The van der Waals surface area contributed by atoms with Crippen LogP contribution in [-0.2, 0) is 7.05 Å². The van der Waals surface area contributed by atoms with Crippen molar-refractivity contribution in [3.05, 3.63) is 72.0 Å². The van der Waals surface area contributed by atoms with Crippen molar-refractivity contribution in [2.24, 2.45) is 7.05 Å². The topological polar surface area (TPSA) is 87.8 Å².